The number of esters is 1. The van der Waals surface area contributed by atoms with Crippen molar-refractivity contribution in [1.82, 2.24) is 0 Å². The van der Waals surface area contributed by atoms with Crippen LogP contribution in [-0.2, 0) is 10.2 Å². The smallest absolute Gasteiger partial charge is 0.349 e. The van der Waals surface area contributed by atoms with Crippen LogP contribution in [0.3, 0.4) is 0 Å². The minimum atomic E-state index is -0.535. The van der Waals surface area contributed by atoms with E-state index in [9.17, 15) is 14.9 Å². The van der Waals surface area contributed by atoms with E-state index in [4.69, 9.17) is 9.47 Å². The van der Waals surface area contributed by atoms with E-state index in [1.807, 2.05) is 39.8 Å². The molecule has 0 heterocycles. The average Bonchev–Trinajstić information content (AvgIpc) is 2.54. The minimum absolute atomic E-state index is 0.0376. The van der Waals surface area contributed by atoms with Gasteiger partial charge in [-0.3, -0.25) is 10.1 Å². The van der Waals surface area contributed by atoms with Crippen LogP contribution < -0.4 is 9.47 Å². The first-order valence-corrected chi connectivity index (χ1v) is 7.86. The number of rotatable bonds is 5. The van der Waals surface area contributed by atoms with Crippen LogP contribution in [0.15, 0.2) is 42.5 Å². The SMILES string of the molecule is Cc1ccc(OC(=O)COc2ccc([N+](=O)[O-])cc2)c(C(C)(C)C)c1. The van der Waals surface area contributed by atoms with Crippen molar-refractivity contribution in [3.05, 3.63) is 63.7 Å². The lowest BCUT2D eigenvalue weighted by atomic mass is 9.85. The fourth-order valence-corrected chi connectivity index (χ4v) is 2.28. The van der Waals surface area contributed by atoms with Crippen molar-refractivity contribution in [3.63, 3.8) is 0 Å². The maximum absolute atomic E-state index is 12.1. The number of hydrogen-bond acceptors (Lipinski definition) is 5. The summed E-state index contributed by atoms with van der Waals surface area (Å²) in [6.45, 7) is 7.85. The number of nitrogens with zero attached hydrogens (tertiary/aromatic N) is 1. The minimum Gasteiger partial charge on any atom is -0.482 e. The number of nitro groups is 1. The molecule has 0 bridgehead atoms. The van der Waals surface area contributed by atoms with Gasteiger partial charge >= 0.3 is 5.97 Å². The van der Waals surface area contributed by atoms with Gasteiger partial charge in [-0.25, -0.2) is 4.79 Å². The van der Waals surface area contributed by atoms with E-state index < -0.39 is 10.9 Å². The summed E-state index contributed by atoms with van der Waals surface area (Å²) in [7, 11) is 0. The zero-order valence-electron chi connectivity index (χ0n) is 14.7. The molecule has 0 unspecified atom stereocenters. The van der Waals surface area contributed by atoms with Gasteiger partial charge < -0.3 is 9.47 Å². The molecule has 2 aromatic rings. The monoisotopic (exact) mass is 343 g/mol. The number of ether oxygens (including phenoxy) is 2. The van der Waals surface area contributed by atoms with Gasteiger partial charge in [-0.1, -0.05) is 38.5 Å². The van der Waals surface area contributed by atoms with Crippen molar-refractivity contribution in [2.45, 2.75) is 33.1 Å². The first kappa shape index (κ1) is 18.4. The van der Waals surface area contributed by atoms with Crippen molar-refractivity contribution in [1.29, 1.82) is 0 Å². The van der Waals surface area contributed by atoms with Crippen LogP contribution in [0.4, 0.5) is 5.69 Å². The highest BCUT2D eigenvalue weighted by molar-refractivity contribution is 5.74. The van der Waals surface area contributed by atoms with Gasteiger partial charge in [-0.15, -0.1) is 0 Å². The van der Waals surface area contributed by atoms with Crippen LogP contribution in [-0.4, -0.2) is 17.5 Å². The molecule has 0 fully saturated rings. The van der Waals surface area contributed by atoms with E-state index in [0.29, 0.717) is 11.5 Å². The number of nitro benzene ring substituents is 1. The Morgan fingerprint density at radius 3 is 2.32 bits per heavy atom. The number of carbonyl (C=O) groups is 1. The van der Waals surface area contributed by atoms with Crippen molar-refractivity contribution < 1.29 is 19.2 Å². The molecule has 6 nitrogen and oxygen atoms in total. The summed E-state index contributed by atoms with van der Waals surface area (Å²) in [5.41, 5.74) is 1.83. The Hall–Kier alpha value is -2.89. The number of carbonyl (C=O) groups excluding carboxylic acids is 1. The summed E-state index contributed by atoms with van der Waals surface area (Å²) >= 11 is 0. The Bertz CT molecular complexity index is 775. The third kappa shape index (κ3) is 5.04. The molecule has 0 saturated carbocycles. The van der Waals surface area contributed by atoms with E-state index in [1.54, 1.807) is 6.07 Å². The molecule has 0 atom stereocenters. The third-order valence-electron chi connectivity index (χ3n) is 3.57. The maximum Gasteiger partial charge on any atom is 0.349 e. The van der Waals surface area contributed by atoms with Gasteiger partial charge in [0.2, 0.25) is 0 Å². The predicted octanol–water partition coefficient (Wildman–Crippen LogP) is 4.19. The summed E-state index contributed by atoms with van der Waals surface area (Å²) in [5.74, 6) is 0.339. The molecule has 0 aliphatic rings. The summed E-state index contributed by atoms with van der Waals surface area (Å²) < 4.78 is 10.8. The van der Waals surface area contributed by atoms with Crippen LogP contribution in [0, 0.1) is 17.0 Å². The van der Waals surface area contributed by atoms with Crippen LogP contribution in [0.2, 0.25) is 0 Å². The summed E-state index contributed by atoms with van der Waals surface area (Å²) in [6, 6.07) is 11.2. The van der Waals surface area contributed by atoms with Gasteiger partial charge in [0.25, 0.3) is 5.69 Å². The summed E-state index contributed by atoms with van der Waals surface area (Å²) in [5, 5.41) is 10.6. The Morgan fingerprint density at radius 1 is 1.12 bits per heavy atom. The number of hydrogen-bond donors (Lipinski definition) is 0. The number of non-ortho nitro benzene ring substituents is 1. The molecule has 6 heteroatoms. The zero-order valence-corrected chi connectivity index (χ0v) is 14.7. The van der Waals surface area contributed by atoms with E-state index >= 15 is 0 Å². The van der Waals surface area contributed by atoms with Crippen molar-refractivity contribution in [3.8, 4) is 11.5 Å². The predicted molar refractivity (Wildman–Crippen MR) is 94.1 cm³/mol. The highest BCUT2D eigenvalue weighted by Gasteiger charge is 2.21. The molecule has 0 amide bonds. The van der Waals surface area contributed by atoms with Gasteiger partial charge in [0.05, 0.1) is 4.92 Å². The molecule has 132 valence electrons. The summed E-state index contributed by atoms with van der Waals surface area (Å²) in [4.78, 5) is 22.2. The fourth-order valence-electron chi connectivity index (χ4n) is 2.28. The third-order valence-corrected chi connectivity index (χ3v) is 3.57. The lowest BCUT2D eigenvalue weighted by Gasteiger charge is -2.22. The quantitative estimate of drug-likeness (QED) is 0.352. The normalized spacial score (nSPS) is 11.0. The number of aryl methyl sites for hydroxylation is 1. The molecule has 0 aliphatic heterocycles. The molecule has 2 rings (SSSR count). The molecule has 0 saturated heterocycles. The van der Waals surface area contributed by atoms with Crippen LogP contribution in [0.25, 0.3) is 0 Å². The van der Waals surface area contributed by atoms with Gasteiger partial charge in [0, 0.05) is 17.7 Å². The maximum atomic E-state index is 12.1. The Morgan fingerprint density at radius 2 is 1.76 bits per heavy atom. The van der Waals surface area contributed by atoms with E-state index in [-0.39, 0.29) is 17.7 Å². The molecule has 0 radical (unpaired) electrons. The lowest BCUT2D eigenvalue weighted by Crippen LogP contribution is -2.21. The molecular weight excluding hydrogens is 322 g/mol. The molecule has 25 heavy (non-hydrogen) atoms. The Balaban J connectivity index is 2.02. The molecular formula is C19H21NO5. The average molecular weight is 343 g/mol. The first-order valence-electron chi connectivity index (χ1n) is 7.86. The van der Waals surface area contributed by atoms with Gasteiger partial charge in [-0.05, 0) is 30.5 Å². The van der Waals surface area contributed by atoms with Crippen LogP contribution in [0.1, 0.15) is 31.9 Å². The Labute approximate surface area is 146 Å². The molecule has 0 aromatic heterocycles. The molecule has 0 spiro atoms. The first-order chi connectivity index (χ1) is 11.7. The second-order valence-corrected chi connectivity index (χ2v) is 6.76. The van der Waals surface area contributed by atoms with E-state index in [2.05, 4.69) is 0 Å². The zero-order chi connectivity index (χ0) is 18.6. The number of benzene rings is 2. The van der Waals surface area contributed by atoms with Crippen LogP contribution >= 0.6 is 0 Å². The van der Waals surface area contributed by atoms with Gasteiger partial charge in [-0.2, -0.15) is 0 Å². The lowest BCUT2D eigenvalue weighted by molar-refractivity contribution is -0.384. The fraction of sp³-hybridized carbons (Fsp3) is 0.316. The van der Waals surface area contributed by atoms with Gasteiger partial charge in [0.1, 0.15) is 11.5 Å². The summed E-state index contributed by atoms with van der Waals surface area (Å²) in [6.07, 6.45) is 0. The highest BCUT2D eigenvalue weighted by atomic mass is 16.6. The van der Waals surface area contributed by atoms with Gasteiger partial charge in [0.15, 0.2) is 6.61 Å². The standard InChI is InChI=1S/C19H21NO5/c1-13-5-10-17(16(11-13)19(2,3)4)25-18(21)12-24-15-8-6-14(7-9-15)20(22)23/h5-11H,12H2,1-4H3. The molecule has 0 N–H and O–H groups in total. The van der Waals surface area contributed by atoms with Crippen molar-refractivity contribution in [2.75, 3.05) is 6.61 Å². The molecule has 2 aromatic carbocycles. The largest absolute Gasteiger partial charge is 0.482 e. The van der Waals surface area contributed by atoms with E-state index in [1.165, 1.54) is 24.3 Å². The second-order valence-electron chi connectivity index (χ2n) is 6.76. The highest BCUT2D eigenvalue weighted by Crippen LogP contribution is 2.32. The van der Waals surface area contributed by atoms with Crippen molar-refractivity contribution in [2.24, 2.45) is 0 Å². The second kappa shape index (κ2) is 7.34. The van der Waals surface area contributed by atoms with Crippen molar-refractivity contribution >= 4 is 11.7 Å². The molecule has 0 aliphatic carbocycles. The van der Waals surface area contributed by atoms with E-state index in [0.717, 1.165) is 11.1 Å². The Kier molecular flexibility index (Phi) is 5.41. The van der Waals surface area contributed by atoms with Crippen LogP contribution in [0.5, 0.6) is 11.5 Å². The topological polar surface area (TPSA) is 78.7 Å².